The number of aliphatic hydroxyl groups excluding tert-OH is 1. The molecule has 130 valence electrons. The first-order valence-electron chi connectivity index (χ1n) is 8.08. The van der Waals surface area contributed by atoms with Crippen molar-refractivity contribution < 1.29 is 5.11 Å². The fraction of sp³-hybridized carbons (Fsp3) is 0.200. The molecule has 0 radical (unpaired) electrons. The molecule has 0 aliphatic carbocycles. The molecule has 0 aliphatic rings. The predicted octanol–water partition coefficient (Wildman–Crippen LogP) is 6.61. The van der Waals surface area contributed by atoms with Gasteiger partial charge in [0.1, 0.15) is 6.10 Å². The van der Waals surface area contributed by atoms with Gasteiger partial charge in [-0.3, -0.25) is 0 Å². The van der Waals surface area contributed by atoms with E-state index in [4.69, 9.17) is 34.8 Å². The van der Waals surface area contributed by atoms with Gasteiger partial charge < -0.3 is 9.67 Å². The molecule has 0 fully saturated rings. The highest BCUT2D eigenvalue weighted by Crippen LogP contribution is 2.36. The highest BCUT2D eigenvalue weighted by atomic mass is 35.5. The van der Waals surface area contributed by atoms with E-state index in [1.165, 1.54) is 0 Å². The molecule has 0 saturated heterocycles. The van der Waals surface area contributed by atoms with Crippen LogP contribution in [-0.2, 0) is 6.54 Å². The number of aryl methyl sites for hydroxylation is 1. The molecule has 3 aromatic rings. The summed E-state index contributed by atoms with van der Waals surface area (Å²) in [6.45, 7) is 3.00. The summed E-state index contributed by atoms with van der Waals surface area (Å²) in [4.78, 5) is 0. The van der Waals surface area contributed by atoms with Crippen LogP contribution in [0.2, 0.25) is 15.1 Å². The van der Waals surface area contributed by atoms with Crippen LogP contribution in [0.5, 0.6) is 0 Å². The second-order valence-corrected chi connectivity index (χ2v) is 7.22. The number of aromatic nitrogens is 1. The molecule has 0 bridgehead atoms. The molecule has 2 aromatic carbocycles. The van der Waals surface area contributed by atoms with E-state index in [9.17, 15) is 5.11 Å². The SMILES string of the molecule is CCCn1cc(-c2ccc(Cl)cc2)c(C(O)c2ccc(Cl)cc2Cl)c1. The van der Waals surface area contributed by atoms with Gasteiger partial charge in [-0.2, -0.15) is 0 Å². The minimum absolute atomic E-state index is 0.449. The molecule has 1 unspecified atom stereocenters. The van der Waals surface area contributed by atoms with Crippen LogP contribution in [0.25, 0.3) is 11.1 Å². The average Bonchev–Trinajstić information content (AvgIpc) is 2.99. The van der Waals surface area contributed by atoms with Crippen molar-refractivity contribution >= 4 is 34.8 Å². The smallest absolute Gasteiger partial charge is 0.108 e. The molecule has 1 heterocycles. The van der Waals surface area contributed by atoms with Crippen LogP contribution in [-0.4, -0.2) is 9.67 Å². The maximum atomic E-state index is 11.0. The summed E-state index contributed by atoms with van der Waals surface area (Å²) in [6, 6.07) is 12.7. The Morgan fingerprint density at radius 1 is 0.920 bits per heavy atom. The molecule has 0 spiro atoms. The normalized spacial score (nSPS) is 12.4. The highest BCUT2D eigenvalue weighted by Gasteiger charge is 2.20. The number of benzene rings is 2. The molecule has 0 aliphatic heterocycles. The van der Waals surface area contributed by atoms with Gasteiger partial charge in [0.2, 0.25) is 0 Å². The van der Waals surface area contributed by atoms with Crippen molar-refractivity contribution in [2.24, 2.45) is 0 Å². The topological polar surface area (TPSA) is 25.2 Å². The maximum absolute atomic E-state index is 11.0. The van der Waals surface area contributed by atoms with E-state index in [-0.39, 0.29) is 0 Å². The van der Waals surface area contributed by atoms with Crippen LogP contribution >= 0.6 is 34.8 Å². The van der Waals surface area contributed by atoms with Gasteiger partial charge in [-0.05, 0) is 36.2 Å². The number of hydrogen-bond donors (Lipinski definition) is 1. The Kier molecular flexibility index (Phi) is 5.75. The van der Waals surface area contributed by atoms with Crippen molar-refractivity contribution in [1.29, 1.82) is 0 Å². The van der Waals surface area contributed by atoms with Gasteiger partial charge in [-0.1, -0.05) is 59.9 Å². The van der Waals surface area contributed by atoms with Crippen molar-refractivity contribution in [2.75, 3.05) is 0 Å². The Hall–Kier alpha value is -1.45. The molecule has 1 atom stereocenters. The van der Waals surface area contributed by atoms with Crippen LogP contribution in [0, 0.1) is 0 Å². The molecule has 2 nitrogen and oxygen atoms in total. The molecular formula is C20H18Cl3NO. The van der Waals surface area contributed by atoms with Crippen molar-refractivity contribution in [3.63, 3.8) is 0 Å². The summed E-state index contributed by atoms with van der Waals surface area (Å²) < 4.78 is 2.09. The predicted molar refractivity (Wildman–Crippen MR) is 106 cm³/mol. The Bertz CT molecular complexity index is 871. The molecule has 25 heavy (non-hydrogen) atoms. The van der Waals surface area contributed by atoms with Crippen LogP contribution in [0.4, 0.5) is 0 Å². The minimum Gasteiger partial charge on any atom is -0.384 e. The zero-order valence-corrected chi connectivity index (χ0v) is 16.0. The largest absolute Gasteiger partial charge is 0.384 e. The Labute approximate surface area is 162 Å². The van der Waals surface area contributed by atoms with Crippen LogP contribution in [0.3, 0.4) is 0 Å². The van der Waals surface area contributed by atoms with Gasteiger partial charge in [-0.25, -0.2) is 0 Å². The molecule has 3 rings (SSSR count). The van der Waals surface area contributed by atoms with Crippen LogP contribution in [0.1, 0.15) is 30.6 Å². The third kappa shape index (κ3) is 4.04. The van der Waals surface area contributed by atoms with E-state index in [1.807, 2.05) is 30.5 Å². The third-order valence-corrected chi connectivity index (χ3v) is 4.91. The molecule has 0 saturated carbocycles. The lowest BCUT2D eigenvalue weighted by molar-refractivity contribution is 0.221. The van der Waals surface area contributed by atoms with Crippen molar-refractivity contribution in [1.82, 2.24) is 4.57 Å². The van der Waals surface area contributed by atoms with Gasteiger partial charge in [0.15, 0.2) is 0 Å². The van der Waals surface area contributed by atoms with Crippen LogP contribution < -0.4 is 0 Å². The number of rotatable bonds is 5. The first kappa shape index (κ1) is 18.3. The fourth-order valence-corrected chi connectivity index (χ4v) is 3.53. The maximum Gasteiger partial charge on any atom is 0.108 e. The quantitative estimate of drug-likeness (QED) is 0.517. The standard InChI is InChI=1S/C20H18Cl3NO/c1-2-9-24-11-17(13-3-5-14(21)6-4-13)18(12-24)20(25)16-8-7-15(22)10-19(16)23/h3-8,10-12,20,25H,2,9H2,1H3. The number of halogens is 3. The Balaban J connectivity index is 2.08. The zero-order chi connectivity index (χ0) is 18.0. The molecule has 1 aromatic heterocycles. The van der Waals surface area contributed by atoms with E-state index >= 15 is 0 Å². The third-order valence-electron chi connectivity index (χ3n) is 4.10. The Morgan fingerprint density at radius 3 is 2.24 bits per heavy atom. The minimum atomic E-state index is -0.839. The summed E-state index contributed by atoms with van der Waals surface area (Å²) in [5.74, 6) is 0. The fourth-order valence-electron chi connectivity index (χ4n) is 2.89. The van der Waals surface area contributed by atoms with Crippen LogP contribution in [0.15, 0.2) is 54.9 Å². The number of hydrogen-bond acceptors (Lipinski definition) is 1. The second kappa shape index (κ2) is 7.84. The molecular weight excluding hydrogens is 377 g/mol. The lowest BCUT2D eigenvalue weighted by Crippen LogP contribution is -2.01. The Morgan fingerprint density at radius 2 is 1.60 bits per heavy atom. The summed E-state index contributed by atoms with van der Waals surface area (Å²) in [6.07, 6.45) is 4.19. The summed E-state index contributed by atoms with van der Waals surface area (Å²) in [5.41, 5.74) is 3.40. The average molecular weight is 395 g/mol. The second-order valence-electron chi connectivity index (χ2n) is 5.94. The van der Waals surface area contributed by atoms with Gasteiger partial charge >= 0.3 is 0 Å². The number of nitrogens with zero attached hydrogens (tertiary/aromatic N) is 1. The van der Waals surface area contributed by atoms with Gasteiger partial charge in [0, 0.05) is 50.7 Å². The molecule has 0 amide bonds. The lowest BCUT2D eigenvalue weighted by atomic mass is 9.97. The van der Waals surface area contributed by atoms with Crippen molar-refractivity contribution in [3.05, 3.63) is 81.1 Å². The first-order chi connectivity index (χ1) is 12.0. The van der Waals surface area contributed by atoms with E-state index in [1.54, 1.807) is 18.2 Å². The van der Waals surface area contributed by atoms with E-state index < -0.39 is 6.10 Å². The zero-order valence-electron chi connectivity index (χ0n) is 13.7. The summed E-state index contributed by atoms with van der Waals surface area (Å²) in [7, 11) is 0. The van der Waals surface area contributed by atoms with Gasteiger partial charge in [0.25, 0.3) is 0 Å². The van der Waals surface area contributed by atoms with Gasteiger partial charge in [0.05, 0.1) is 0 Å². The monoisotopic (exact) mass is 393 g/mol. The number of aliphatic hydroxyl groups is 1. The summed E-state index contributed by atoms with van der Waals surface area (Å²) in [5, 5.41) is 12.6. The first-order valence-corrected chi connectivity index (χ1v) is 9.21. The molecule has 1 N–H and O–H groups in total. The summed E-state index contributed by atoms with van der Waals surface area (Å²) >= 11 is 18.3. The van der Waals surface area contributed by atoms with E-state index in [0.717, 1.165) is 29.7 Å². The lowest BCUT2D eigenvalue weighted by Gasteiger charge is -2.14. The van der Waals surface area contributed by atoms with Gasteiger partial charge in [-0.15, -0.1) is 0 Å². The van der Waals surface area contributed by atoms with Crippen molar-refractivity contribution in [3.8, 4) is 11.1 Å². The van der Waals surface area contributed by atoms with Crippen molar-refractivity contribution in [2.45, 2.75) is 26.0 Å². The van der Waals surface area contributed by atoms with E-state index in [2.05, 4.69) is 17.7 Å². The molecule has 5 heteroatoms. The highest BCUT2D eigenvalue weighted by molar-refractivity contribution is 6.35. The van der Waals surface area contributed by atoms with E-state index in [0.29, 0.717) is 20.6 Å².